The van der Waals surface area contributed by atoms with E-state index in [1.54, 1.807) is 17.8 Å². The van der Waals surface area contributed by atoms with E-state index >= 15 is 0 Å². The average Bonchev–Trinajstić information content (AvgIpc) is 2.83. The van der Waals surface area contributed by atoms with Gasteiger partial charge in [0.1, 0.15) is 0 Å². The highest BCUT2D eigenvalue weighted by Crippen LogP contribution is 2.12. The van der Waals surface area contributed by atoms with E-state index < -0.39 is 5.97 Å². The number of ether oxygens (including phenoxy) is 1. The molecule has 0 N–H and O–H groups in total. The monoisotopic (exact) mass is 280 g/mol. The van der Waals surface area contributed by atoms with Crippen molar-refractivity contribution in [2.75, 3.05) is 6.61 Å². The first-order valence-corrected chi connectivity index (χ1v) is 6.35. The number of hydrogen-bond donors (Lipinski definition) is 0. The SMILES string of the molecule is CCOC(=O)c1nnn(Cc2ccccn2)c1CCl. The standard InChI is InChI=1S/C12H13ClN4O2/c1-2-19-12(18)11-10(7-13)17(16-15-11)8-9-5-3-4-6-14-9/h3-6H,2,7-8H2,1H3. The molecule has 7 heteroatoms. The summed E-state index contributed by atoms with van der Waals surface area (Å²) in [6, 6.07) is 5.58. The lowest BCUT2D eigenvalue weighted by molar-refractivity contribution is 0.0518. The van der Waals surface area contributed by atoms with Gasteiger partial charge in [0, 0.05) is 6.20 Å². The third kappa shape index (κ3) is 3.08. The van der Waals surface area contributed by atoms with Crippen LogP contribution in [0.2, 0.25) is 0 Å². The molecule has 0 fully saturated rings. The van der Waals surface area contributed by atoms with Crippen LogP contribution in [0.5, 0.6) is 0 Å². The van der Waals surface area contributed by atoms with Gasteiger partial charge in [-0.3, -0.25) is 4.98 Å². The van der Waals surface area contributed by atoms with Crippen molar-refractivity contribution in [2.45, 2.75) is 19.3 Å². The minimum atomic E-state index is -0.509. The third-order valence-electron chi connectivity index (χ3n) is 2.47. The van der Waals surface area contributed by atoms with E-state index in [9.17, 15) is 4.79 Å². The van der Waals surface area contributed by atoms with Gasteiger partial charge in [-0.2, -0.15) is 0 Å². The Morgan fingerprint density at radius 2 is 2.32 bits per heavy atom. The number of carbonyl (C=O) groups excluding carboxylic acids is 1. The summed E-state index contributed by atoms with van der Waals surface area (Å²) in [5.41, 5.74) is 1.51. The Morgan fingerprint density at radius 3 is 2.95 bits per heavy atom. The van der Waals surface area contributed by atoms with Crippen molar-refractivity contribution < 1.29 is 9.53 Å². The van der Waals surface area contributed by atoms with Crippen LogP contribution in [0.1, 0.15) is 28.8 Å². The molecule has 0 bridgehead atoms. The van der Waals surface area contributed by atoms with E-state index in [-0.39, 0.29) is 18.2 Å². The zero-order valence-corrected chi connectivity index (χ0v) is 11.2. The van der Waals surface area contributed by atoms with Crippen LogP contribution in [0.4, 0.5) is 0 Å². The van der Waals surface area contributed by atoms with E-state index in [1.165, 1.54) is 0 Å². The van der Waals surface area contributed by atoms with Crippen LogP contribution in [-0.4, -0.2) is 32.6 Å². The van der Waals surface area contributed by atoms with Crippen molar-refractivity contribution in [3.05, 3.63) is 41.5 Å². The second kappa shape index (κ2) is 6.29. The predicted octanol–water partition coefficient (Wildman–Crippen LogP) is 1.64. The topological polar surface area (TPSA) is 69.9 Å². The Kier molecular flexibility index (Phi) is 4.46. The number of halogens is 1. The highest BCUT2D eigenvalue weighted by Gasteiger charge is 2.20. The molecule has 0 unspecified atom stereocenters. The molecule has 0 aliphatic carbocycles. The van der Waals surface area contributed by atoms with Crippen LogP contribution in [0.3, 0.4) is 0 Å². The summed E-state index contributed by atoms with van der Waals surface area (Å²) in [6.45, 7) is 2.43. The highest BCUT2D eigenvalue weighted by atomic mass is 35.5. The number of rotatable bonds is 5. The molecule has 2 heterocycles. The molecule has 0 radical (unpaired) electrons. The molecule has 0 spiro atoms. The molecule has 0 saturated carbocycles. The van der Waals surface area contributed by atoms with Crippen LogP contribution in [0, 0.1) is 0 Å². The van der Waals surface area contributed by atoms with Crippen molar-refractivity contribution in [1.82, 2.24) is 20.0 Å². The number of esters is 1. The van der Waals surface area contributed by atoms with E-state index in [1.807, 2.05) is 18.2 Å². The molecular weight excluding hydrogens is 268 g/mol. The molecule has 2 rings (SSSR count). The summed E-state index contributed by atoms with van der Waals surface area (Å²) in [5, 5.41) is 7.75. The summed E-state index contributed by atoms with van der Waals surface area (Å²) < 4.78 is 6.46. The normalized spacial score (nSPS) is 10.4. The lowest BCUT2D eigenvalue weighted by atomic mass is 10.3. The molecular formula is C12H13ClN4O2. The zero-order chi connectivity index (χ0) is 13.7. The number of pyridine rings is 1. The Morgan fingerprint density at radius 1 is 1.47 bits per heavy atom. The minimum Gasteiger partial charge on any atom is -0.461 e. The lowest BCUT2D eigenvalue weighted by Gasteiger charge is -2.04. The first-order valence-electron chi connectivity index (χ1n) is 5.81. The van der Waals surface area contributed by atoms with Crippen LogP contribution >= 0.6 is 11.6 Å². The van der Waals surface area contributed by atoms with Gasteiger partial charge in [-0.1, -0.05) is 11.3 Å². The maximum Gasteiger partial charge on any atom is 0.360 e. The number of aromatic nitrogens is 4. The molecule has 0 saturated heterocycles. The molecule has 0 aliphatic rings. The Bertz CT molecular complexity index is 556. The zero-order valence-electron chi connectivity index (χ0n) is 10.4. The van der Waals surface area contributed by atoms with E-state index in [0.717, 1.165) is 5.69 Å². The molecule has 2 aromatic rings. The number of alkyl halides is 1. The molecule has 0 amide bonds. The molecule has 0 atom stereocenters. The Labute approximate surface area is 115 Å². The largest absolute Gasteiger partial charge is 0.461 e. The van der Waals surface area contributed by atoms with E-state index in [4.69, 9.17) is 16.3 Å². The maximum absolute atomic E-state index is 11.7. The highest BCUT2D eigenvalue weighted by molar-refractivity contribution is 6.17. The van der Waals surface area contributed by atoms with Gasteiger partial charge in [-0.05, 0) is 19.1 Å². The van der Waals surface area contributed by atoms with Gasteiger partial charge >= 0.3 is 5.97 Å². The van der Waals surface area contributed by atoms with E-state index in [0.29, 0.717) is 12.2 Å². The fourth-order valence-corrected chi connectivity index (χ4v) is 1.86. The third-order valence-corrected chi connectivity index (χ3v) is 2.72. The van der Waals surface area contributed by atoms with Gasteiger partial charge in [0.25, 0.3) is 0 Å². The van der Waals surface area contributed by atoms with Crippen LogP contribution < -0.4 is 0 Å². The maximum atomic E-state index is 11.7. The molecule has 100 valence electrons. The van der Waals surface area contributed by atoms with Crippen molar-refractivity contribution >= 4 is 17.6 Å². The van der Waals surface area contributed by atoms with Crippen LogP contribution in [0.15, 0.2) is 24.4 Å². The molecule has 0 aliphatic heterocycles. The number of hydrogen-bond acceptors (Lipinski definition) is 5. The molecule has 2 aromatic heterocycles. The van der Waals surface area contributed by atoms with Gasteiger partial charge in [0.2, 0.25) is 0 Å². The molecule has 0 aromatic carbocycles. The van der Waals surface area contributed by atoms with Crippen molar-refractivity contribution in [3.8, 4) is 0 Å². The summed E-state index contributed by atoms with van der Waals surface area (Å²) in [6.07, 6.45) is 1.69. The number of nitrogens with zero attached hydrogens (tertiary/aromatic N) is 4. The van der Waals surface area contributed by atoms with Crippen LogP contribution in [-0.2, 0) is 17.2 Å². The van der Waals surface area contributed by atoms with E-state index in [2.05, 4.69) is 15.3 Å². The Hall–Kier alpha value is -1.95. The van der Waals surface area contributed by atoms with Gasteiger partial charge < -0.3 is 4.74 Å². The second-order valence-electron chi connectivity index (χ2n) is 3.72. The van der Waals surface area contributed by atoms with Crippen molar-refractivity contribution in [3.63, 3.8) is 0 Å². The number of carbonyl (C=O) groups is 1. The summed E-state index contributed by atoms with van der Waals surface area (Å²) in [5.74, 6) is -0.376. The summed E-state index contributed by atoms with van der Waals surface area (Å²) in [4.78, 5) is 15.9. The minimum absolute atomic E-state index is 0.133. The van der Waals surface area contributed by atoms with Crippen molar-refractivity contribution in [2.24, 2.45) is 0 Å². The molecule has 19 heavy (non-hydrogen) atoms. The van der Waals surface area contributed by atoms with Gasteiger partial charge in [0.15, 0.2) is 5.69 Å². The van der Waals surface area contributed by atoms with Crippen molar-refractivity contribution in [1.29, 1.82) is 0 Å². The summed E-state index contributed by atoms with van der Waals surface area (Å²) in [7, 11) is 0. The second-order valence-corrected chi connectivity index (χ2v) is 3.98. The predicted molar refractivity (Wildman–Crippen MR) is 68.9 cm³/mol. The lowest BCUT2D eigenvalue weighted by Crippen LogP contribution is -2.11. The smallest absolute Gasteiger partial charge is 0.360 e. The van der Waals surface area contributed by atoms with Crippen LogP contribution in [0.25, 0.3) is 0 Å². The van der Waals surface area contributed by atoms with Gasteiger partial charge in [0.05, 0.1) is 30.4 Å². The summed E-state index contributed by atoms with van der Waals surface area (Å²) >= 11 is 5.86. The average molecular weight is 281 g/mol. The fourth-order valence-electron chi connectivity index (χ4n) is 1.60. The Balaban J connectivity index is 2.25. The quantitative estimate of drug-likeness (QED) is 0.615. The fraction of sp³-hybridized carbons (Fsp3) is 0.333. The first kappa shape index (κ1) is 13.5. The first-order chi connectivity index (χ1) is 9.26. The molecule has 6 nitrogen and oxygen atoms in total. The van der Waals surface area contributed by atoms with Gasteiger partial charge in [-0.15, -0.1) is 16.7 Å². The van der Waals surface area contributed by atoms with Gasteiger partial charge in [-0.25, -0.2) is 9.48 Å².